The lowest BCUT2D eigenvalue weighted by Gasteiger charge is -2.49. The van der Waals surface area contributed by atoms with Crippen LogP contribution in [0, 0.1) is 0 Å². The number of benzene rings is 3. The Morgan fingerprint density at radius 3 is 2.50 bits per heavy atom. The molecule has 3 fully saturated rings. The lowest BCUT2D eigenvalue weighted by molar-refractivity contribution is -0.231. The maximum atomic E-state index is 14.1. The van der Waals surface area contributed by atoms with Gasteiger partial charge in [0, 0.05) is 17.8 Å². The first-order valence-electron chi connectivity index (χ1n) is 16.9. The van der Waals surface area contributed by atoms with Gasteiger partial charge in [0.05, 0.1) is 24.4 Å². The third-order valence-corrected chi connectivity index (χ3v) is 10.7. The van der Waals surface area contributed by atoms with E-state index in [1.54, 1.807) is 42.5 Å². The van der Waals surface area contributed by atoms with Crippen LogP contribution in [0.1, 0.15) is 21.5 Å². The average Bonchev–Trinajstić information content (AvgIpc) is 3.84. The van der Waals surface area contributed by atoms with Crippen molar-refractivity contribution < 1.29 is 34.1 Å². The maximum absolute atomic E-state index is 14.1. The van der Waals surface area contributed by atoms with Crippen LogP contribution in [0.25, 0.3) is 11.1 Å². The Morgan fingerprint density at radius 2 is 1.74 bits per heavy atom. The summed E-state index contributed by atoms with van der Waals surface area (Å²) in [5.41, 5.74) is 2.66. The highest BCUT2D eigenvalue weighted by molar-refractivity contribution is 6.67. The molecule has 1 spiro atoms. The zero-order valence-electron chi connectivity index (χ0n) is 28.3. The van der Waals surface area contributed by atoms with Crippen molar-refractivity contribution >= 4 is 70.4 Å². The standard InChI is InChI=1S/C36H33Cl3N8O7/c1-19-40-29-26(15-46-28(48)17-45(33(46)51)21-9-3-2-4-10-21)41-31(43-32(50)54-18-34(37,38)39)47-16-27(36(52,53)35(29,47)44-19)42-30(49)24-13-7-12-23-22-11-6-5-8-20(22)14-25(23)24/h2-13,26-27,29,40,44,52-53H,1,14-18H2,(H,42,49)(H,41,43,50)/t26-,27?,29-,35-/m0/s1. The molecule has 54 heavy (non-hydrogen) atoms. The molecule has 4 aliphatic heterocycles. The van der Waals surface area contributed by atoms with Crippen molar-refractivity contribution in [2.45, 2.75) is 39.8 Å². The molecule has 4 atom stereocenters. The Hall–Kier alpha value is -5.06. The lowest BCUT2D eigenvalue weighted by Crippen LogP contribution is -2.78. The van der Waals surface area contributed by atoms with E-state index in [0.717, 1.165) is 27.2 Å². The summed E-state index contributed by atoms with van der Waals surface area (Å²) in [7, 11) is 0. The number of hydrogen-bond donors (Lipinski definition) is 6. The van der Waals surface area contributed by atoms with E-state index in [1.807, 2.05) is 30.3 Å². The smallest absolute Gasteiger partial charge is 0.414 e. The van der Waals surface area contributed by atoms with Crippen molar-refractivity contribution in [3.05, 3.63) is 102 Å². The van der Waals surface area contributed by atoms with Crippen LogP contribution in [0.3, 0.4) is 0 Å². The largest absolute Gasteiger partial charge is 0.445 e. The molecule has 1 unspecified atom stereocenters. The van der Waals surface area contributed by atoms with Crippen molar-refractivity contribution in [1.29, 1.82) is 0 Å². The number of carbonyl (C=O) groups is 4. The fourth-order valence-electron chi connectivity index (χ4n) is 8.03. The number of imide groups is 1. The molecule has 280 valence electrons. The number of halogens is 3. The van der Waals surface area contributed by atoms with Gasteiger partial charge >= 0.3 is 12.1 Å². The number of alkyl halides is 3. The van der Waals surface area contributed by atoms with Gasteiger partial charge in [0.2, 0.25) is 15.5 Å². The number of alkyl carbamates (subject to hydrolysis) is 1. The SMILES string of the molecule is C=C1N[C@H]2[C@H](CN3C(=O)CN(c4ccccc4)C3=O)N=C(NC(=O)OCC(Cl)(Cl)Cl)N3CC(NC(=O)c4cccc5c4Cc4ccccc4-5)C(O)(O)[C@]23N1. The van der Waals surface area contributed by atoms with Crippen LogP contribution in [0.4, 0.5) is 15.3 Å². The van der Waals surface area contributed by atoms with Crippen LogP contribution in [0.5, 0.6) is 0 Å². The summed E-state index contributed by atoms with van der Waals surface area (Å²) in [6.07, 6.45) is -0.588. The highest BCUT2D eigenvalue weighted by atomic mass is 35.6. The van der Waals surface area contributed by atoms with Crippen molar-refractivity contribution in [2.24, 2.45) is 4.99 Å². The molecule has 15 nitrogen and oxygen atoms in total. The number of aliphatic imine (C=N–C) groups is 1. The van der Waals surface area contributed by atoms with Gasteiger partial charge in [0.1, 0.15) is 19.2 Å². The molecule has 3 saturated heterocycles. The number of nitrogens with zero attached hydrogens (tertiary/aromatic N) is 4. The first kappa shape index (κ1) is 35.9. The monoisotopic (exact) mass is 794 g/mol. The van der Waals surface area contributed by atoms with E-state index in [2.05, 4.69) is 27.8 Å². The van der Waals surface area contributed by atoms with E-state index in [9.17, 15) is 29.4 Å². The van der Waals surface area contributed by atoms with Gasteiger partial charge in [0.15, 0.2) is 5.66 Å². The number of carbonyl (C=O) groups excluding carboxylic acids is 4. The number of urea groups is 1. The topological polar surface area (TPSA) is 188 Å². The second-order valence-corrected chi connectivity index (χ2v) is 16.1. The summed E-state index contributed by atoms with van der Waals surface area (Å²) in [5, 5.41) is 35.9. The molecule has 4 heterocycles. The number of hydrogen-bond acceptors (Lipinski definition) is 11. The van der Waals surface area contributed by atoms with Gasteiger partial charge in [-0.25, -0.2) is 14.6 Å². The predicted octanol–water partition coefficient (Wildman–Crippen LogP) is 2.38. The van der Waals surface area contributed by atoms with Gasteiger partial charge in [0.25, 0.3) is 11.8 Å². The van der Waals surface area contributed by atoms with Crippen LogP contribution in [-0.2, 0) is 16.0 Å². The Morgan fingerprint density at radius 1 is 1.02 bits per heavy atom. The summed E-state index contributed by atoms with van der Waals surface area (Å²) in [5.74, 6) is -3.99. The summed E-state index contributed by atoms with van der Waals surface area (Å²) in [4.78, 5) is 62.5. The van der Waals surface area contributed by atoms with Gasteiger partial charge in [-0.3, -0.25) is 24.7 Å². The molecule has 5 aliphatic rings. The number of guanidine groups is 1. The van der Waals surface area contributed by atoms with Crippen molar-refractivity contribution in [1.82, 2.24) is 31.1 Å². The Balaban J connectivity index is 1.13. The fourth-order valence-corrected chi connectivity index (χ4v) is 8.19. The van der Waals surface area contributed by atoms with Gasteiger partial charge < -0.3 is 35.8 Å². The van der Waals surface area contributed by atoms with E-state index in [4.69, 9.17) is 44.5 Å². The molecule has 8 rings (SSSR count). The molecule has 0 saturated carbocycles. The number of fused-ring (bicyclic) bond motifs is 3. The molecule has 5 amide bonds. The molecule has 1 aliphatic carbocycles. The van der Waals surface area contributed by atoms with Crippen LogP contribution >= 0.6 is 34.8 Å². The first-order chi connectivity index (χ1) is 25.7. The third-order valence-electron chi connectivity index (χ3n) is 10.4. The minimum Gasteiger partial charge on any atom is -0.445 e. The van der Waals surface area contributed by atoms with Crippen molar-refractivity contribution in [2.75, 3.05) is 31.1 Å². The molecule has 0 aromatic heterocycles. The highest BCUT2D eigenvalue weighted by Crippen LogP contribution is 2.46. The van der Waals surface area contributed by atoms with Gasteiger partial charge in [-0.2, -0.15) is 0 Å². The quantitative estimate of drug-likeness (QED) is 0.0962. The van der Waals surface area contributed by atoms with Gasteiger partial charge in [-0.1, -0.05) is 96.0 Å². The normalized spacial score (nSPS) is 24.9. The highest BCUT2D eigenvalue weighted by Gasteiger charge is 2.74. The van der Waals surface area contributed by atoms with Crippen LogP contribution < -0.4 is 26.2 Å². The van der Waals surface area contributed by atoms with E-state index in [0.29, 0.717) is 17.7 Å². The van der Waals surface area contributed by atoms with Crippen LogP contribution in [0.2, 0.25) is 0 Å². The van der Waals surface area contributed by atoms with Crippen molar-refractivity contribution in [3.63, 3.8) is 0 Å². The minimum absolute atomic E-state index is 0.147. The van der Waals surface area contributed by atoms with Gasteiger partial charge in [-0.15, -0.1) is 0 Å². The zero-order chi connectivity index (χ0) is 38.2. The number of nitrogens with one attached hydrogen (secondary N) is 4. The molecule has 18 heteroatoms. The Labute approximate surface area is 323 Å². The average molecular weight is 796 g/mol. The first-order valence-corrected chi connectivity index (χ1v) is 18.0. The molecule has 3 aromatic rings. The fraction of sp³-hybridized carbons (Fsp3) is 0.306. The number of amides is 5. The number of ether oxygens (including phenoxy) is 1. The van der Waals surface area contributed by atoms with Crippen molar-refractivity contribution in [3.8, 4) is 11.1 Å². The second-order valence-electron chi connectivity index (χ2n) is 13.6. The molecule has 0 bridgehead atoms. The number of rotatable bonds is 6. The van der Waals surface area contributed by atoms with Gasteiger partial charge in [-0.05, 0) is 46.9 Å². The van der Waals surface area contributed by atoms with E-state index in [1.165, 1.54) is 9.80 Å². The molecular formula is C36H33Cl3N8O7. The maximum Gasteiger partial charge on any atom is 0.414 e. The number of anilines is 1. The summed E-state index contributed by atoms with van der Waals surface area (Å²) in [6, 6.07) is 17.6. The molecule has 0 radical (unpaired) electrons. The number of para-hydroxylation sites is 1. The van der Waals surface area contributed by atoms with Crippen LogP contribution in [-0.4, -0.2) is 110 Å². The zero-order valence-corrected chi connectivity index (χ0v) is 30.5. The van der Waals surface area contributed by atoms with Crippen LogP contribution in [0.15, 0.2) is 90.2 Å². The Kier molecular flexibility index (Phi) is 8.69. The van der Waals surface area contributed by atoms with E-state index < -0.39 is 63.9 Å². The minimum atomic E-state index is -2.81. The third kappa shape index (κ3) is 5.87. The lowest BCUT2D eigenvalue weighted by atomic mass is 9.85. The van der Waals surface area contributed by atoms with E-state index >= 15 is 0 Å². The van der Waals surface area contributed by atoms with E-state index in [-0.39, 0.29) is 31.4 Å². The second kappa shape index (κ2) is 13.1. The number of aliphatic hydroxyl groups is 2. The molecular weight excluding hydrogens is 763 g/mol. The summed E-state index contributed by atoms with van der Waals surface area (Å²) >= 11 is 17.4. The molecule has 6 N–H and O–H groups in total. The summed E-state index contributed by atoms with van der Waals surface area (Å²) in [6.45, 7) is 2.45. The predicted molar refractivity (Wildman–Crippen MR) is 199 cm³/mol. The molecule has 3 aromatic carbocycles. The summed E-state index contributed by atoms with van der Waals surface area (Å²) < 4.78 is 3.16. The Bertz CT molecular complexity index is 2130.